The van der Waals surface area contributed by atoms with Gasteiger partial charge in [0.2, 0.25) is 5.09 Å². The second-order valence-corrected chi connectivity index (χ2v) is 7.96. The molecular formula is C17H20N4O4S. The van der Waals surface area contributed by atoms with E-state index in [2.05, 4.69) is 14.9 Å². The van der Waals surface area contributed by atoms with E-state index < -0.39 is 15.2 Å². The van der Waals surface area contributed by atoms with Crippen molar-refractivity contribution in [3.8, 4) is 0 Å². The Labute approximate surface area is 151 Å². The van der Waals surface area contributed by atoms with Crippen LogP contribution in [0.5, 0.6) is 0 Å². The Balaban J connectivity index is 1.46. The van der Waals surface area contributed by atoms with Gasteiger partial charge in [-0.1, -0.05) is 0 Å². The summed E-state index contributed by atoms with van der Waals surface area (Å²) in [7, 11) is -4.30. The van der Waals surface area contributed by atoms with E-state index in [1.807, 2.05) is 6.20 Å². The van der Waals surface area contributed by atoms with Crippen molar-refractivity contribution in [2.24, 2.45) is 4.99 Å². The minimum absolute atomic E-state index is 0.425. The zero-order valence-corrected chi connectivity index (χ0v) is 15.1. The summed E-state index contributed by atoms with van der Waals surface area (Å²) in [5.74, 6) is 1.25. The number of rotatable bonds is 4. The van der Waals surface area contributed by atoms with E-state index in [4.69, 9.17) is 14.0 Å². The molecule has 0 aromatic carbocycles. The molecule has 0 spiro atoms. The van der Waals surface area contributed by atoms with Crippen LogP contribution in [0.1, 0.15) is 42.1 Å². The lowest BCUT2D eigenvalue weighted by Crippen LogP contribution is -2.31. The van der Waals surface area contributed by atoms with Crippen molar-refractivity contribution in [2.45, 2.75) is 43.9 Å². The van der Waals surface area contributed by atoms with Gasteiger partial charge in [-0.25, -0.2) is 9.97 Å². The highest BCUT2D eigenvalue weighted by molar-refractivity contribution is 7.85. The molecule has 4 heterocycles. The summed E-state index contributed by atoms with van der Waals surface area (Å²) in [5.41, 5.74) is 3.13. The minimum atomic E-state index is -4.30. The number of aliphatic imine (C=N–C) groups is 1. The van der Waals surface area contributed by atoms with E-state index in [9.17, 15) is 8.42 Å². The van der Waals surface area contributed by atoms with Crippen LogP contribution in [0.2, 0.25) is 0 Å². The molecule has 9 heteroatoms. The van der Waals surface area contributed by atoms with Gasteiger partial charge in [0, 0.05) is 37.8 Å². The number of nitrogens with zero attached hydrogens (tertiary/aromatic N) is 4. The molecule has 0 radical (unpaired) electrons. The topological polar surface area (TPSA) is 109 Å². The third-order valence-electron chi connectivity index (χ3n) is 4.67. The SMILES string of the molecule is O=S(=O)(O)c1ccc(CN2CCc3nc(C4=NCCCC4)ncc3C2)o1. The van der Waals surface area contributed by atoms with Crippen LogP contribution in [-0.4, -0.2) is 46.6 Å². The van der Waals surface area contributed by atoms with Gasteiger partial charge in [0.05, 0.1) is 18.0 Å². The summed E-state index contributed by atoms with van der Waals surface area (Å²) in [5, 5.41) is -0.425. The maximum Gasteiger partial charge on any atom is 0.328 e. The minimum Gasteiger partial charge on any atom is -0.446 e. The molecule has 0 unspecified atom stereocenters. The van der Waals surface area contributed by atoms with Crippen LogP contribution in [0.4, 0.5) is 0 Å². The van der Waals surface area contributed by atoms with Gasteiger partial charge < -0.3 is 4.42 Å². The number of hydrogen-bond acceptors (Lipinski definition) is 7. The van der Waals surface area contributed by atoms with Gasteiger partial charge in [-0.2, -0.15) is 8.42 Å². The Bertz CT molecular complexity index is 951. The number of aromatic nitrogens is 2. The van der Waals surface area contributed by atoms with Gasteiger partial charge in [-0.05, 0) is 31.4 Å². The molecule has 4 rings (SSSR count). The molecule has 0 bridgehead atoms. The van der Waals surface area contributed by atoms with Crippen LogP contribution >= 0.6 is 0 Å². The molecule has 0 saturated heterocycles. The average molecular weight is 376 g/mol. The first-order valence-corrected chi connectivity index (χ1v) is 10.1. The van der Waals surface area contributed by atoms with Gasteiger partial charge in [-0.15, -0.1) is 0 Å². The highest BCUT2D eigenvalue weighted by atomic mass is 32.2. The summed E-state index contributed by atoms with van der Waals surface area (Å²) < 4.78 is 36.4. The average Bonchev–Trinajstić information content (AvgIpc) is 3.11. The first-order chi connectivity index (χ1) is 12.5. The van der Waals surface area contributed by atoms with Gasteiger partial charge in [0.25, 0.3) is 0 Å². The fourth-order valence-corrected chi connectivity index (χ4v) is 3.78. The molecule has 26 heavy (non-hydrogen) atoms. The van der Waals surface area contributed by atoms with Crippen LogP contribution in [0.25, 0.3) is 0 Å². The molecular weight excluding hydrogens is 356 g/mol. The molecule has 8 nitrogen and oxygen atoms in total. The zero-order chi connectivity index (χ0) is 18.1. The molecule has 138 valence electrons. The van der Waals surface area contributed by atoms with Crippen molar-refractivity contribution in [3.63, 3.8) is 0 Å². The zero-order valence-electron chi connectivity index (χ0n) is 14.3. The molecule has 2 aromatic heterocycles. The van der Waals surface area contributed by atoms with E-state index in [1.54, 1.807) is 6.07 Å². The summed E-state index contributed by atoms with van der Waals surface area (Å²) in [4.78, 5) is 15.9. The van der Waals surface area contributed by atoms with Crippen LogP contribution in [0.3, 0.4) is 0 Å². The molecule has 2 aliphatic rings. The van der Waals surface area contributed by atoms with Gasteiger partial charge in [0.15, 0.2) is 5.82 Å². The summed E-state index contributed by atoms with van der Waals surface area (Å²) in [6.45, 7) is 2.78. The lowest BCUT2D eigenvalue weighted by molar-refractivity contribution is 0.216. The first-order valence-electron chi connectivity index (χ1n) is 8.66. The third-order valence-corrected chi connectivity index (χ3v) is 5.39. The maximum atomic E-state index is 11.1. The highest BCUT2D eigenvalue weighted by Gasteiger charge is 2.22. The molecule has 0 saturated carbocycles. The van der Waals surface area contributed by atoms with Crippen molar-refractivity contribution in [1.29, 1.82) is 0 Å². The largest absolute Gasteiger partial charge is 0.446 e. The van der Waals surface area contributed by atoms with Crippen LogP contribution in [-0.2, 0) is 29.6 Å². The monoisotopic (exact) mass is 376 g/mol. The molecule has 2 aromatic rings. The normalized spacial score (nSPS) is 18.4. The van der Waals surface area contributed by atoms with Crippen molar-refractivity contribution in [3.05, 3.63) is 41.2 Å². The Hall–Kier alpha value is -2.10. The van der Waals surface area contributed by atoms with Gasteiger partial charge in [0.1, 0.15) is 5.76 Å². The van der Waals surface area contributed by atoms with Crippen molar-refractivity contribution in [2.75, 3.05) is 13.1 Å². The van der Waals surface area contributed by atoms with E-state index in [0.717, 1.165) is 61.6 Å². The first kappa shape index (κ1) is 17.3. The quantitative estimate of drug-likeness (QED) is 0.811. The Morgan fingerprint density at radius 3 is 2.85 bits per heavy atom. The van der Waals surface area contributed by atoms with Crippen molar-refractivity contribution < 1.29 is 17.4 Å². The van der Waals surface area contributed by atoms with Crippen LogP contribution in [0, 0.1) is 0 Å². The Morgan fingerprint density at radius 2 is 2.12 bits per heavy atom. The number of hydrogen-bond donors (Lipinski definition) is 1. The lowest BCUT2D eigenvalue weighted by Gasteiger charge is -2.27. The molecule has 0 amide bonds. The van der Waals surface area contributed by atoms with Gasteiger partial charge in [-0.3, -0.25) is 14.4 Å². The summed E-state index contributed by atoms with van der Waals surface area (Å²) in [6.07, 6.45) is 5.88. The highest BCUT2D eigenvalue weighted by Crippen LogP contribution is 2.21. The summed E-state index contributed by atoms with van der Waals surface area (Å²) in [6, 6.07) is 2.84. The Kier molecular flexibility index (Phi) is 4.60. The smallest absolute Gasteiger partial charge is 0.328 e. The van der Waals surface area contributed by atoms with E-state index >= 15 is 0 Å². The molecule has 0 aliphatic carbocycles. The fourth-order valence-electron chi connectivity index (χ4n) is 3.33. The molecule has 2 aliphatic heterocycles. The predicted molar refractivity (Wildman–Crippen MR) is 93.6 cm³/mol. The molecule has 0 fully saturated rings. The third kappa shape index (κ3) is 3.69. The maximum absolute atomic E-state index is 11.1. The van der Waals surface area contributed by atoms with E-state index in [1.165, 1.54) is 6.07 Å². The second-order valence-electron chi connectivity index (χ2n) is 6.61. The van der Waals surface area contributed by atoms with Crippen LogP contribution in [0.15, 0.2) is 32.8 Å². The fraction of sp³-hybridized carbons (Fsp3) is 0.471. The number of fused-ring (bicyclic) bond motifs is 1. The van der Waals surface area contributed by atoms with E-state index in [0.29, 0.717) is 18.8 Å². The number of furan rings is 1. The predicted octanol–water partition coefficient (Wildman–Crippen LogP) is 1.85. The van der Waals surface area contributed by atoms with Crippen LogP contribution < -0.4 is 0 Å². The molecule has 0 atom stereocenters. The second kappa shape index (κ2) is 6.90. The van der Waals surface area contributed by atoms with Crippen molar-refractivity contribution in [1.82, 2.24) is 14.9 Å². The summed E-state index contributed by atoms with van der Waals surface area (Å²) >= 11 is 0. The lowest BCUT2D eigenvalue weighted by atomic mass is 10.1. The van der Waals surface area contributed by atoms with Crippen molar-refractivity contribution >= 4 is 15.8 Å². The van der Waals surface area contributed by atoms with Gasteiger partial charge >= 0.3 is 10.1 Å². The van der Waals surface area contributed by atoms with E-state index in [-0.39, 0.29) is 0 Å². The Morgan fingerprint density at radius 1 is 1.23 bits per heavy atom. The standard InChI is InChI=1S/C17H20N4O4S/c22-26(23,24)16-5-4-13(25-16)11-21-8-6-14-12(10-21)9-19-17(20-14)15-3-1-2-7-18-15/h4-5,9H,1-3,6-8,10-11H2,(H,22,23,24). The molecule has 1 N–H and O–H groups in total.